The average molecular weight is 326 g/mol. The first kappa shape index (κ1) is 17.6. The van der Waals surface area contributed by atoms with Gasteiger partial charge in [0.25, 0.3) is 0 Å². The minimum absolute atomic E-state index is 0.253. The van der Waals surface area contributed by atoms with E-state index in [1.807, 2.05) is 12.1 Å². The van der Waals surface area contributed by atoms with E-state index in [0.717, 1.165) is 18.5 Å². The Bertz CT molecular complexity index is 625. The van der Waals surface area contributed by atoms with Crippen LogP contribution >= 0.6 is 10.7 Å². The maximum Gasteiger partial charge on any atom is 0.0174 e. The Morgan fingerprint density at radius 3 is 2.70 bits per heavy atom. The fourth-order valence-corrected chi connectivity index (χ4v) is 3.76. The Hall–Kier alpha value is -1.80. The summed E-state index contributed by atoms with van der Waals surface area (Å²) in [6.45, 7) is 10.2. The standard InChI is InChI=1S/C21H27NS/c1-5-11-20(15-10-14-18-12-8-7-9-13-18)23(4)22-17(3)21-16-19(21)6-2/h6-13,15,19,21-22H,2-5,14,16H2,1H3/b15-10-,20-11+. The zero-order valence-electron chi connectivity index (χ0n) is 14.0. The van der Waals surface area contributed by atoms with Crippen LogP contribution in [0.5, 0.6) is 0 Å². The molecule has 1 aliphatic rings. The van der Waals surface area contributed by atoms with E-state index < -0.39 is 0 Å². The van der Waals surface area contributed by atoms with E-state index in [-0.39, 0.29) is 10.7 Å². The van der Waals surface area contributed by atoms with Gasteiger partial charge in [0.05, 0.1) is 0 Å². The number of hydrogen-bond donors (Lipinski definition) is 1. The van der Waals surface area contributed by atoms with Gasteiger partial charge in [0, 0.05) is 16.5 Å². The third-order valence-electron chi connectivity index (χ3n) is 4.01. The molecule has 1 N–H and O–H groups in total. The van der Waals surface area contributed by atoms with Gasteiger partial charge in [-0.1, -0.05) is 84.7 Å². The maximum absolute atomic E-state index is 4.29. The van der Waals surface area contributed by atoms with Crippen LogP contribution in [0.25, 0.3) is 0 Å². The minimum Gasteiger partial charge on any atom is -0.336 e. The molecular weight excluding hydrogens is 298 g/mol. The monoisotopic (exact) mass is 325 g/mol. The SMILES string of the molecule is C=CC1CC1C(=C)NS(=C)C(/C=C\Cc1ccccc1)=C/CC. The molecule has 0 aromatic heterocycles. The highest BCUT2D eigenvalue weighted by atomic mass is 32.2. The molecule has 0 aliphatic heterocycles. The van der Waals surface area contributed by atoms with Crippen LogP contribution < -0.4 is 4.72 Å². The maximum atomic E-state index is 4.29. The lowest BCUT2D eigenvalue weighted by atomic mass is 10.1. The van der Waals surface area contributed by atoms with Gasteiger partial charge in [-0.3, -0.25) is 0 Å². The highest BCUT2D eigenvalue weighted by Crippen LogP contribution is 2.44. The van der Waals surface area contributed by atoms with Crippen molar-refractivity contribution in [2.75, 3.05) is 0 Å². The van der Waals surface area contributed by atoms with Gasteiger partial charge in [0.1, 0.15) is 0 Å². The molecule has 1 nitrogen and oxygen atoms in total. The zero-order valence-corrected chi connectivity index (χ0v) is 14.8. The van der Waals surface area contributed by atoms with E-state index >= 15 is 0 Å². The molecule has 0 bridgehead atoms. The van der Waals surface area contributed by atoms with Gasteiger partial charge in [0.2, 0.25) is 0 Å². The summed E-state index contributed by atoms with van der Waals surface area (Å²) in [5.74, 6) is 5.43. The average Bonchev–Trinajstić information content (AvgIpc) is 3.35. The van der Waals surface area contributed by atoms with E-state index in [4.69, 9.17) is 0 Å². The van der Waals surface area contributed by atoms with Crippen LogP contribution in [-0.4, -0.2) is 5.87 Å². The van der Waals surface area contributed by atoms with Gasteiger partial charge in [0.15, 0.2) is 0 Å². The first-order chi connectivity index (χ1) is 11.2. The fraction of sp³-hybridized carbons (Fsp3) is 0.286. The van der Waals surface area contributed by atoms with Gasteiger partial charge in [-0.15, -0.1) is 6.58 Å². The molecular formula is C21H27NS. The molecule has 3 unspecified atom stereocenters. The van der Waals surface area contributed by atoms with Crippen molar-refractivity contribution in [1.29, 1.82) is 0 Å². The Morgan fingerprint density at radius 2 is 2.09 bits per heavy atom. The number of nitrogens with one attached hydrogen (secondary N) is 1. The van der Waals surface area contributed by atoms with Crippen molar-refractivity contribution in [2.24, 2.45) is 11.8 Å². The molecule has 23 heavy (non-hydrogen) atoms. The molecule has 122 valence electrons. The Balaban J connectivity index is 1.92. The molecule has 0 amide bonds. The molecule has 1 aromatic rings. The summed E-state index contributed by atoms with van der Waals surface area (Å²) in [5, 5.41) is 0. The van der Waals surface area contributed by atoms with Gasteiger partial charge in [-0.05, 0) is 30.7 Å². The molecule has 1 aliphatic carbocycles. The third-order valence-corrected chi connectivity index (χ3v) is 5.39. The molecule has 3 atom stereocenters. The molecule has 2 rings (SSSR count). The molecule has 1 fully saturated rings. The molecule has 0 radical (unpaired) electrons. The number of benzene rings is 1. The van der Waals surface area contributed by atoms with Crippen LogP contribution in [0.1, 0.15) is 25.3 Å². The van der Waals surface area contributed by atoms with Crippen LogP contribution in [0.4, 0.5) is 0 Å². The number of rotatable bonds is 9. The summed E-state index contributed by atoms with van der Waals surface area (Å²) in [6, 6.07) is 10.5. The molecule has 0 saturated heterocycles. The zero-order chi connectivity index (χ0) is 16.7. The van der Waals surface area contributed by atoms with Crippen LogP contribution in [0.2, 0.25) is 0 Å². The lowest BCUT2D eigenvalue weighted by Crippen LogP contribution is -2.07. The van der Waals surface area contributed by atoms with Crippen molar-refractivity contribution < 1.29 is 0 Å². The Morgan fingerprint density at radius 1 is 1.35 bits per heavy atom. The minimum atomic E-state index is -0.253. The second-order valence-electron chi connectivity index (χ2n) is 5.87. The van der Waals surface area contributed by atoms with Crippen LogP contribution in [0.3, 0.4) is 0 Å². The highest BCUT2D eigenvalue weighted by molar-refractivity contribution is 8.16. The second kappa shape index (κ2) is 8.73. The first-order valence-electron chi connectivity index (χ1n) is 8.18. The first-order valence-corrected chi connectivity index (χ1v) is 9.57. The topological polar surface area (TPSA) is 12.0 Å². The largest absolute Gasteiger partial charge is 0.336 e. The van der Waals surface area contributed by atoms with Gasteiger partial charge in [-0.2, -0.15) is 0 Å². The van der Waals surface area contributed by atoms with Crippen molar-refractivity contribution in [3.63, 3.8) is 0 Å². The number of allylic oxidation sites excluding steroid dienone is 5. The van der Waals surface area contributed by atoms with Crippen LogP contribution in [0, 0.1) is 11.8 Å². The van der Waals surface area contributed by atoms with E-state index in [1.54, 1.807) is 0 Å². The second-order valence-corrected chi connectivity index (χ2v) is 7.32. The van der Waals surface area contributed by atoms with Crippen molar-refractivity contribution in [2.45, 2.75) is 26.2 Å². The summed E-state index contributed by atoms with van der Waals surface area (Å²) in [6.07, 6.45) is 11.8. The normalized spacial score (nSPS) is 21.9. The summed E-state index contributed by atoms with van der Waals surface area (Å²) in [4.78, 5) is 1.25. The third kappa shape index (κ3) is 5.40. The highest BCUT2D eigenvalue weighted by Gasteiger charge is 2.36. The molecule has 2 heteroatoms. The smallest absolute Gasteiger partial charge is 0.0174 e. The van der Waals surface area contributed by atoms with Crippen LogP contribution in [0.15, 0.2) is 78.4 Å². The quantitative estimate of drug-likeness (QED) is 0.353. The summed E-state index contributed by atoms with van der Waals surface area (Å²) < 4.78 is 3.49. The molecule has 0 spiro atoms. The van der Waals surface area contributed by atoms with Crippen molar-refractivity contribution in [3.8, 4) is 0 Å². The van der Waals surface area contributed by atoms with Gasteiger partial charge in [-0.25, -0.2) is 0 Å². The predicted molar refractivity (Wildman–Crippen MR) is 106 cm³/mol. The van der Waals surface area contributed by atoms with Gasteiger partial charge < -0.3 is 4.72 Å². The van der Waals surface area contributed by atoms with Gasteiger partial charge >= 0.3 is 0 Å². The lowest BCUT2D eigenvalue weighted by Gasteiger charge is -2.14. The fourth-order valence-electron chi connectivity index (χ4n) is 2.55. The Kier molecular flexibility index (Phi) is 6.66. The number of hydrogen-bond acceptors (Lipinski definition) is 1. The van der Waals surface area contributed by atoms with E-state index in [0.29, 0.717) is 11.8 Å². The van der Waals surface area contributed by atoms with E-state index in [9.17, 15) is 0 Å². The predicted octanol–water partition coefficient (Wildman–Crippen LogP) is 5.62. The summed E-state index contributed by atoms with van der Waals surface area (Å²) >= 11 is 0. The molecule has 1 saturated carbocycles. The van der Waals surface area contributed by atoms with Crippen LogP contribution in [-0.2, 0) is 6.42 Å². The van der Waals surface area contributed by atoms with Crippen molar-refractivity contribution >= 4 is 16.5 Å². The van der Waals surface area contributed by atoms with Crippen molar-refractivity contribution in [1.82, 2.24) is 4.72 Å². The summed E-state index contributed by atoms with van der Waals surface area (Å²) in [5.41, 5.74) is 2.43. The van der Waals surface area contributed by atoms with E-state index in [2.05, 4.69) is 73.2 Å². The van der Waals surface area contributed by atoms with Crippen molar-refractivity contribution in [3.05, 3.63) is 84.0 Å². The van der Waals surface area contributed by atoms with E-state index in [1.165, 1.54) is 16.9 Å². The Labute approximate surface area is 143 Å². The summed E-state index contributed by atoms with van der Waals surface area (Å²) in [7, 11) is -0.253. The molecule has 1 aromatic carbocycles. The molecule has 0 heterocycles. The lowest BCUT2D eigenvalue weighted by molar-refractivity contribution is 0.887.